The van der Waals surface area contributed by atoms with E-state index >= 15 is 0 Å². The normalized spacial score (nSPS) is 14.2. The van der Waals surface area contributed by atoms with E-state index in [-0.39, 0.29) is 0 Å². The summed E-state index contributed by atoms with van der Waals surface area (Å²) < 4.78 is 0. The van der Waals surface area contributed by atoms with E-state index in [9.17, 15) is 4.79 Å². The molecule has 1 N–H and O–H groups in total. The molecule has 0 amide bonds. The topological polar surface area (TPSA) is 46.5 Å². The van der Waals surface area contributed by atoms with Gasteiger partial charge in [-0.3, -0.25) is 0 Å². The maximum Gasteiger partial charge on any atom is 0.347 e. The van der Waals surface area contributed by atoms with E-state index < -0.39 is 11.4 Å². The molecule has 3 heteroatoms. The summed E-state index contributed by atoms with van der Waals surface area (Å²) in [4.78, 5) is 15.0. The maximum absolute atomic E-state index is 11.2. The first kappa shape index (κ1) is 13.4. The molecule has 0 aromatic rings. The highest BCUT2D eigenvalue weighted by molar-refractivity contribution is 5.75. The molecule has 0 saturated heterocycles. The van der Waals surface area contributed by atoms with E-state index in [0.717, 1.165) is 12.8 Å². The van der Waals surface area contributed by atoms with Gasteiger partial charge in [-0.25, -0.2) is 4.79 Å². The summed E-state index contributed by atoms with van der Waals surface area (Å²) in [6, 6.07) is 0. The molecule has 0 heterocycles. The van der Waals surface area contributed by atoms with Gasteiger partial charge in [0.05, 0.1) is 5.41 Å². The van der Waals surface area contributed by atoms with Crippen LogP contribution in [0.4, 0.5) is 0 Å². The predicted molar refractivity (Wildman–Crippen MR) is 55.7 cm³/mol. The van der Waals surface area contributed by atoms with E-state index in [4.69, 9.17) is 5.26 Å². The van der Waals surface area contributed by atoms with E-state index in [1.54, 1.807) is 13.8 Å². The van der Waals surface area contributed by atoms with Crippen molar-refractivity contribution in [1.82, 2.24) is 0 Å². The van der Waals surface area contributed by atoms with Crippen molar-refractivity contribution in [3.63, 3.8) is 0 Å². The molecule has 1 atom stereocenters. The fourth-order valence-electron chi connectivity index (χ4n) is 1.97. The van der Waals surface area contributed by atoms with Gasteiger partial charge < -0.3 is 4.89 Å². The molecule has 1 unspecified atom stereocenters. The van der Waals surface area contributed by atoms with Crippen molar-refractivity contribution < 1.29 is 14.9 Å². The first-order valence-electron chi connectivity index (χ1n) is 5.15. The minimum atomic E-state index is -0.594. The molecule has 0 aliphatic carbocycles. The molecule has 0 spiro atoms. The Hall–Kier alpha value is -0.570. The van der Waals surface area contributed by atoms with Crippen molar-refractivity contribution in [1.29, 1.82) is 0 Å². The van der Waals surface area contributed by atoms with Crippen molar-refractivity contribution in [2.45, 2.75) is 47.5 Å². The average molecular weight is 202 g/mol. The van der Waals surface area contributed by atoms with Crippen LogP contribution in [0.5, 0.6) is 0 Å². The molecule has 0 fully saturated rings. The van der Waals surface area contributed by atoms with Crippen LogP contribution in [-0.4, -0.2) is 11.2 Å². The average Bonchev–Trinajstić information content (AvgIpc) is 1.99. The number of rotatable bonds is 5. The summed E-state index contributed by atoms with van der Waals surface area (Å²) in [5, 5.41) is 8.32. The van der Waals surface area contributed by atoms with E-state index in [2.05, 4.69) is 25.7 Å². The zero-order valence-corrected chi connectivity index (χ0v) is 9.83. The second-order valence-corrected chi connectivity index (χ2v) is 5.20. The highest BCUT2D eigenvalue weighted by Crippen LogP contribution is 2.29. The van der Waals surface area contributed by atoms with Crippen LogP contribution in [0.2, 0.25) is 0 Å². The Bertz CT molecular complexity index is 185. The van der Waals surface area contributed by atoms with Crippen LogP contribution in [0, 0.1) is 17.3 Å². The minimum Gasteiger partial charge on any atom is -0.300 e. The van der Waals surface area contributed by atoms with Crippen LogP contribution in [0.25, 0.3) is 0 Å². The lowest BCUT2D eigenvalue weighted by molar-refractivity contribution is -0.244. The lowest BCUT2D eigenvalue weighted by atomic mass is 9.81. The van der Waals surface area contributed by atoms with Gasteiger partial charge in [0, 0.05) is 0 Å². The fraction of sp³-hybridized carbons (Fsp3) is 0.909. The van der Waals surface area contributed by atoms with Gasteiger partial charge in [0.25, 0.3) is 0 Å². The summed E-state index contributed by atoms with van der Waals surface area (Å²) in [5.74, 6) is 0.545. The van der Waals surface area contributed by atoms with Crippen molar-refractivity contribution >= 4 is 5.97 Å². The highest BCUT2D eigenvalue weighted by Gasteiger charge is 2.31. The Kier molecular flexibility index (Phi) is 5.13. The van der Waals surface area contributed by atoms with Gasteiger partial charge in [-0.15, -0.1) is 0 Å². The van der Waals surface area contributed by atoms with Gasteiger partial charge in [0.15, 0.2) is 0 Å². The van der Waals surface area contributed by atoms with Crippen LogP contribution < -0.4 is 0 Å². The standard InChI is InChI=1S/C11H22O3/c1-8(2)6-9(3)7-11(4,5)10(12)14-13/h8-9,13H,6-7H2,1-5H3. The molecular weight excluding hydrogens is 180 g/mol. The Morgan fingerprint density at radius 1 is 1.36 bits per heavy atom. The first-order valence-corrected chi connectivity index (χ1v) is 5.15. The zero-order chi connectivity index (χ0) is 11.4. The quantitative estimate of drug-likeness (QED) is 0.550. The molecule has 0 radical (unpaired) electrons. The van der Waals surface area contributed by atoms with Crippen LogP contribution in [0.3, 0.4) is 0 Å². The van der Waals surface area contributed by atoms with Crippen molar-refractivity contribution in [3.05, 3.63) is 0 Å². The second-order valence-electron chi connectivity index (χ2n) is 5.20. The lowest BCUT2D eigenvalue weighted by Gasteiger charge is -2.25. The zero-order valence-electron chi connectivity index (χ0n) is 9.83. The molecule has 14 heavy (non-hydrogen) atoms. The van der Waals surface area contributed by atoms with Crippen LogP contribution in [0.15, 0.2) is 0 Å². The van der Waals surface area contributed by atoms with E-state index in [1.807, 2.05) is 0 Å². The van der Waals surface area contributed by atoms with Crippen molar-refractivity contribution in [3.8, 4) is 0 Å². The second kappa shape index (κ2) is 5.35. The molecule has 0 saturated carbocycles. The summed E-state index contributed by atoms with van der Waals surface area (Å²) >= 11 is 0. The third-order valence-corrected chi connectivity index (χ3v) is 2.37. The summed E-state index contributed by atoms with van der Waals surface area (Å²) in [7, 11) is 0. The van der Waals surface area contributed by atoms with Crippen molar-refractivity contribution in [2.75, 3.05) is 0 Å². The molecule has 0 aliphatic rings. The van der Waals surface area contributed by atoms with Crippen LogP contribution >= 0.6 is 0 Å². The molecule has 0 rings (SSSR count). The Labute approximate surface area is 86.4 Å². The molecule has 84 valence electrons. The largest absolute Gasteiger partial charge is 0.347 e. The van der Waals surface area contributed by atoms with E-state index in [1.165, 1.54) is 0 Å². The Morgan fingerprint density at radius 2 is 1.86 bits per heavy atom. The highest BCUT2D eigenvalue weighted by atomic mass is 17.1. The van der Waals surface area contributed by atoms with Gasteiger partial charge in [0.2, 0.25) is 0 Å². The van der Waals surface area contributed by atoms with Gasteiger partial charge in [-0.1, -0.05) is 20.8 Å². The van der Waals surface area contributed by atoms with Gasteiger partial charge in [-0.2, -0.15) is 5.26 Å². The summed E-state index contributed by atoms with van der Waals surface area (Å²) in [5.41, 5.74) is -0.594. The molecule has 0 bridgehead atoms. The number of hydrogen-bond acceptors (Lipinski definition) is 3. The molecule has 0 aromatic heterocycles. The fourth-order valence-corrected chi connectivity index (χ4v) is 1.97. The number of carbonyl (C=O) groups is 1. The van der Waals surface area contributed by atoms with Crippen LogP contribution in [0.1, 0.15) is 47.5 Å². The number of hydrogen-bond donors (Lipinski definition) is 1. The molecule has 0 aromatic carbocycles. The summed E-state index contributed by atoms with van der Waals surface area (Å²) in [6.45, 7) is 10.0. The number of carbonyl (C=O) groups excluding carboxylic acids is 1. The Balaban J connectivity index is 4.14. The maximum atomic E-state index is 11.2. The Morgan fingerprint density at radius 3 is 2.21 bits per heavy atom. The lowest BCUT2D eigenvalue weighted by Crippen LogP contribution is -2.28. The molecular formula is C11H22O3. The van der Waals surface area contributed by atoms with Crippen LogP contribution in [-0.2, 0) is 9.68 Å². The van der Waals surface area contributed by atoms with E-state index in [0.29, 0.717) is 11.8 Å². The van der Waals surface area contributed by atoms with Gasteiger partial charge in [0.1, 0.15) is 0 Å². The molecule has 0 aliphatic heterocycles. The van der Waals surface area contributed by atoms with Crippen molar-refractivity contribution in [2.24, 2.45) is 17.3 Å². The minimum absolute atomic E-state index is 0.462. The first-order chi connectivity index (χ1) is 6.29. The third kappa shape index (κ3) is 4.61. The SMILES string of the molecule is CC(C)CC(C)CC(C)(C)C(=O)OO. The third-order valence-electron chi connectivity index (χ3n) is 2.37. The summed E-state index contributed by atoms with van der Waals surface area (Å²) in [6.07, 6.45) is 1.83. The predicted octanol–water partition coefficient (Wildman–Crippen LogP) is 3.10. The smallest absolute Gasteiger partial charge is 0.300 e. The van der Waals surface area contributed by atoms with Gasteiger partial charge in [-0.05, 0) is 38.5 Å². The van der Waals surface area contributed by atoms with Gasteiger partial charge >= 0.3 is 5.97 Å². The molecule has 3 nitrogen and oxygen atoms in total. The monoisotopic (exact) mass is 202 g/mol.